The highest BCUT2D eigenvalue weighted by molar-refractivity contribution is 6.10. The van der Waals surface area contributed by atoms with Crippen molar-refractivity contribution >= 4 is 23.5 Å². The average Bonchev–Trinajstić information content (AvgIpc) is 2.92. The van der Waals surface area contributed by atoms with Gasteiger partial charge in [-0.25, -0.2) is 4.79 Å². The van der Waals surface area contributed by atoms with Crippen molar-refractivity contribution in [3.63, 3.8) is 0 Å². The summed E-state index contributed by atoms with van der Waals surface area (Å²) in [5.74, 6) is -0.467. The molecule has 31 heavy (non-hydrogen) atoms. The molecule has 1 unspecified atom stereocenters. The molecule has 2 N–H and O–H groups in total. The lowest BCUT2D eigenvalue weighted by Crippen LogP contribution is -2.42. The summed E-state index contributed by atoms with van der Waals surface area (Å²) < 4.78 is 0. The minimum atomic E-state index is -1.20. The summed E-state index contributed by atoms with van der Waals surface area (Å²) in [6, 6.07) is 14.6. The first-order valence-electron chi connectivity index (χ1n) is 10.6. The predicted octanol–water partition coefficient (Wildman–Crippen LogP) is 4.51. The zero-order valence-corrected chi connectivity index (χ0v) is 19.1. The van der Waals surface area contributed by atoms with Crippen LogP contribution in [0.3, 0.4) is 0 Å². The van der Waals surface area contributed by atoms with Crippen LogP contribution in [0, 0.1) is 0 Å². The van der Waals surface area contributed by atoms with E-state index in [0.717, 1.165) is 10.5 Å². The Morgan fingerprint density at radius 3 is 2.13 bits per heavy atom. The van der Waals surface area contributed by atoms with Crippen LogP contribution in [0.15, 0.2) is 48.5 Å². The maximum atomic E-state index is 13.1. The number of hydrogen-bond acceptors (Lipinski definition) is 3. The van der Waals surface area contributed by atoms with Gasteiger partial charge in [-0.1, -0.05) is 71.0 Å². The van der Waals surface area contributed by atoms with Crippen LogP contribution in [0.25, 0.3) is 0 Å². The van der Waals surface area contributed by atoms with Gasteiger partial charge in [0.1, 0.15) is 12.1 Å². The number of rotatable bonds is 5. The van der Waals surface area contributed by atoms with Crippen LogP contribution in [0.4, 0.5) is 10.5 Å². The highest BCUT2D eigenvalue weighted by Crippen LogP contribution is 2.31. The molecular formula is C25H31N3O3. The van der Waals surface area contributed by atoms with Crippen molar-refractivity contribution in [3.05, 3.63) is 65.2 Å². The van der Waals surface area contributed by atoms with Gasteiger partial charge in [0.15, 0.2) is 0 Å². The Labute approximate surface area is 184 Å². The van der Waals surface area contributed by atoms with Gasteiger partial charge >= 0.3 is 6.03 Å². The highest BCUT2D eigenvalue weighted by Gasteiger charge is 2.49. The molecule has 1 saturated heterocycles. The van der Waals surface area contributed by atoms with E-state index in [1.807, 2.05) is 48.5 Å². The number of anilines is 1. The fraction of sp³-hybridized carbons (Fsp3) is 0.400. The van der Waals surface area contributed by atoms with Crippen LogP contribution in [-0.2, 0) is 20.5 Å². The molecule has 1 atom stereocenters. The molecule has 1 fully saturated rings. The van der Waals surface area contributed by atoms with Crippen molar-refractivity contribution in [1.29, 1.82) is 0 Å². The summed E-state index contributed by atoms with van der Waals surface area (Å²) in [6.07, 6.45) is 0. The van der Waals surface area contributed by atoms with Gasteiger partial charge in [-0.2, -0.15) is 0 Å². The molecule has 0 spiro atoms. The van der Waals surface area contributed by atoms with E-state index < -0.39 is 23.4 Å². The number of amides is 4. The van der Waals surface area contributed by atoms with Crippen LogP contribution < -0.4 is 10.6 Å². The smallest absolute Gasteiger partial charge is 0.325 e. The molecule has 2 aromatic carbocycles. The highest BCUT2D eigenvalue weighted by atomic mass is 16.2. The van der Waals surface area contributed by atoms with E-state index >= 15 is 0 Å². The molecule has 6 heteroatoms. The quantitative estimate of drug-likeness (QED) is 0.697. The maximum Gasteiger partial charge on any atom is 0.325 e. The Kier molecular flexibility index (Phi) is 5.94. The zero-order chi connectivity index (χ0) is 23.0. The standard InChI is InChI=1S/C25H31N3O3/c1-16(2)17-7-13-20(14-8-17)26-21(29)15-28-22(30)25(6,27-23(28)31)19-11-9-18(10-12-19)24(3,4)5/h7-14,16H,15H2,1-6H3,(H,26,29)(H,27,31). The lowest BCUT2D eigenvalue weighted by molar-refractivity contribution is -0.133. The van der Waals surface area contributed by atoms with Crippen molar-refractivity contribution in [1.82, 2.24) is 10.2 Å². The molecule has 0 aromatic heterocycles. The number of carbonyl (C=O) groups is 3. The van der Waals surface area contributed by atoms with Crippen LogP contribution >= 0.6 is 0 Å². The third kappa shape index (κ3) is 4.63. The van der Waals surface area contributed by atoms with Gasteiger partial charge in [0, 0.05) is 5.69 Å². The number of imide groups is 1. The van der Waals surface area contributed by atoms with Gasteiger partial charge in [0.25, 0.3) is 5.91 Å². The van der Waals surface area contributed by atoms with E-state index in [9.17, 15) is 14.4 Å². The summed E-state index contributed by atoms with van der Waals surface area (Å²) >= 11 is 0. The van der Waals surface area contributed by atoms with Crippen LogP contribution in [-0.4, -0.2) is 29.3 Å². The largest absolute Gasteiger partial charge is 0.325 e. The molecule has 0 aliphatic carbocycles. The first-order chi connectivity index (χ1) is 14.4. The Bertz CT molecular complexity index is 988. The normalized spacial score (nSPS) is 19.0. The maximum absolute atomic E-state index is 13.1. The minimum Gasteiger partial charge on any atom is -0.325 e. The monoisotopic (exact) mass is 421 g/mol. The molecule has 4 amide bonds. The molecule has 0 bridgehead atoms. The van der Waals surface area contributed by atoms with E-state index in [1.165, 1.54) is 5.56 Å². The van der Waals surface area contributed by atoms with Crippen molar-refractivity contribution in [2.24, 2.45) is 0 Å². The van der Waals surface area contributed by atoms with Gasteiger partial charge in [0.05, 0.1) is 0 Å². The van der Waals surface area contributed by atoms with E-state index in [-0.39, 0.29) is 12.0 Å². The molecule has 1 heterocycles. The first kappa shape index (κ1) is 22.5. The van der Waals surface area contributed by atoms with Crippen molar-refractivity contribution in [2.45, 2.75) is 58.4 Å². The molecule has 0 saturated carbocycles. The Balaban J connectivity index is 1.71. The molecular weight excluding hydrogens is 390 g/mol. The lowest BCUT2D eigenvalue weighted by atomic mass is 9.84. The lowest BCUT2D eigenvalue weighted by Gasteiger charge is -2.24. The molecule has 1 aliphatic rings. The number of benzene rings is 2. The number of nitrogens with one attached hydrogen (secondary N) is 2. The third-order valence-electron chi connectivity index (χ3n) is 5.77. The van der Waals surface area contributed by atoms with Gasteiger partial charge in [-0.3, -0.25) is 14.5 Å². The van der Waals surface area contributed by atoms with Crippen LogP contribution in [0.5, 0.6) is 0 Å². The van der Waals surface area contributed by atoms with Crippen LogP contribution in [0.2, 0.25) is 0 Å². The topological polar surface area (TPSA) is 78.5 Å². The number of urea groups is 1. The third-order valence-corrected chi connectivity index (χ3v) is 5.77. The van der Waals surface area contributed by atoms with Gasteiger partial charge in [0.2, 0.25) is 5.91 Å². The zero-order valence-electron chi connectivity index (χ0n) is 19.1. The summed E-state index contributed by atoms with van der Waals surface area (Å²) in [5.41, 5.74) is 2.40. The van der Waals surface area contributed by atoms with Crippen molar-refractivity contribution < 1.29 is 14.4 Å². The number of hydrogen-bond donors (Lipinski definition) is 2. The van der Waals surface area contributed by atoms with Crippen molar-refractivity contribution in [2.75, 3.05) is 11.9 Å². The van der Waals surface area contributed by atoms with Gasteiger partial charge in [-0.15, -0.1) is 0 Å². The van der Waals surface area contributed by atoms with Crippen molar-refractivity contribution in [3.8, 4) is 0 Å². The Morgan fingerprint density at radius 1 is 1.03 bits per heavy atom. The van der Waals surface area contributed by atoms with E-state index in [0.29, 0.717) is 17.2 Å². The fourth-order valence-electron chi connectivity index (χ4n) is 3.64. The summed E-state index contributed by atoms with van der Waals surface area (Å²) in [7, 11) is 0. The molecule has 3 rings (SSSR count). The molecule has 6 nitrogen and oxygen atoms in total. The van der Waals surface area contributed by atoms with E-state index in [2.05, 4.69) is 45.3 Å². The second-order valence-corrected chi connectivity index (χ2v) is 9.60. The second kappa shape index (κ2) is 8.17. The Morgan fingerprint density at radius 2 is 1.61 bits per heavy atom. The molecule has 2 aromatic rings. The Hall–Kier alpha value is -3.15. The number of nitrogens with zero attached hydrogens (tertiary/aromatic N) is 1. The fourth-order valence-corrected chi connectivity index (χ4v) is 3.64. The summed E-state index contributed by atoms with van der Waals surface area (Å²) in [4.78, 5) is 39.1. The predicted molar refractivity (Wildman–Crippen MR) is 122 cm³/mol. The minimum absolute atomic E-state index is 0.0140. The molecule has 1 aliphatic heterocycles. The second-order valence-electron chi connectivity index (χ2n) is 9.60. The SMILES string of the molecule is CC(C)c1ccc(NC(=O)CN2C(=O)NC(C)(c3ccc(C(C)(C)C)cc3)C2=O)cc1. The number of carbonyl (C=O) groups excluding carboxylic acids is 3. The summed E-state index contributed by atoms with van der Waals surface area (Å²) in [6.45, 7) is 11.9. The van der Waals surface area contributed by atoms with Gasteiger partial charge < -0.3 is 10.6 Å². The molecule has 0 radical (unpaired) electrons. The van der Waals surface area contributed by atoms with E-state index in [1.54, 1.807) is 6.92 Å². The molecule has 164 valence electrons. The van der Waals surface area contributed by atoms with E-state index in [4.69, 9.17) is 0 Å². The van der Waals surface area contributed by atoms with Gasteiger partial charge in [-0.05, 0) is 47.1 Å². The summed E-state index contributed by atoms with van der Waals surface area (Å²) in [5, 5.41) is 5.51. The average molecular weight is 422 g/mol. The first-order valence-corrected chi connectivity index (χ1v) is 10.6. The van der Waals surface area contributed by atoms with Crippen LogP contribution in [0.1, 0.15) is 64.2 Å².